The minimum atomic E-state index is -0.528. The van der Waals surface area contributed by atoms with Gasteiger partial charge in [0.05, 0.1) is 0 Å². The van der Waals surface area contributed by atoms with E-state index in [2.05, 4.69) is 48.3 Å². The van der Waals surface area contributed by atoms with Gasteiger partial charge in [-0.1, -0.05) is 44.2 Å². The zero-order chi connectivity index (χ0) is 17.1. The third-order valence-electron chi connectivity index (χ3n) is 4.66. The van der Waals surface area contributed by atoms with E-state index in [4.69, 9.17) is 0 Å². The molecule has 1 saturated heterocycles. The van der Waals surface area contributed by atoms with Crippen molar-refractivity contribution in [2.24, 2.45) is 0 Å². The van der Waals surface area contributed by atoms with E-state index in [9.17, 15) is 8.78 Å². The molecular formula is C20H24F2N2. The maximum Gasteiger partial charge on any atom is 0.130 e. The summed E-state index contributed by atoms with van der Waals surface area (Å²) in [6, 6.07) is 12.6. The number of piperazine rings is 1. The number of rotatable bonds is 4. The molecule has 1 N–H and O–H groups in total. The van der Waals surface area contributed by atoms with Crippen LogP contribution >= 0.6 is 0 Å². The summed E-state index contributed by atoms with van der Waals surface area (Å²) in [6.45, 7) is 7.45. The number of nitrogens with one attached hydrogen (secondary N) is 1. The Bertz CT molecular complexity index is 700. The van der Waals surface area contributed by atoms with Gasteiger partial charge < -0.3 is 5.32 Å². The molecule has 0 bridgehead atoms. The fourth-order valence-electron chi connectivity index (χ4n) is 3.41. The molecule has 0 spiro atoms. The van der Waals surface area contributed by atoms with Gasteiger partial charge in [0.2, 0.25) is 0 Å². The maximum atomic E-state index is 13.9. The number of hydrogen-bond donors (Lipinski definition) is 1. The van der Waals surface area contributed by atoms with E-state index in [1.54, 1.807) is 6.07 Å². The van der Waals surface area contributed by atoms with Crippen LogP contribution in [-0.2, 0) is 6.54 Å². The molecule has 4 heteroatoms. The molecule has 0 unspecified atom stereocenters. The fraction of sp³-hybridized carbons (Fsp3) is 0.400. The van der Waals surface area contributed by atoms with Gasteiger partial charge in [0.1, 0.15) is 11.6 Å². The quantitative estimate of drug-likeness (QED) is 0.902. The van der Waals surface area contributed by atoms with Crippen LogP contribution in [0.2, 0.25) is 0 Å². The average molecular weight is 330 g/mol. The highest BCUT2D eigenvalue weighted by molar-refractivity contribution is 5.33. The van der Waals surface area contributed by atoms with Gasteiger partial charge in [0.25, 0.3) is 0 Å². The Morgan fingerprint density at radius 2 is 1.96 bits per heavy atom. The highest BCUT2D eigenvalue weighted by Crippen LogP contribution is 2.27. The van der Waals surface area contributed by atoms with E-state index in [0.29, 0.717) is 18.0 Å². The van der Waals surface area contributed by atoms with Crippen LogP contribution in [0.25, 0.3) is 0 Å². The molecule has 2 aromatic carbocycles. The first-order valence-electron chi connectivity index (χ1n) is 8.53. The van der Waals surface area contributed by atoms with Crippen molar-refractivity contribution in [2.75, 3.05) is 19.6 Å². The van der Waals surface area contributed by atoms with Gasteiger partial charge in [-0.3, -0.25) is 4.90 Å². The lowest BCUT2D eigenvalue weighted by molar-refractivity contribution is 0.190. The number of nitrogens with zero attached hydrogens (tertiary/aromatic N) is 1. The molecule has 1 atom stereocenters. The largest absolute Gasteiger partial charge is 0.308 e. The molecule has 0 aliphatic carbocycles. The van der Waals surface area contributed by atoms with Crippen LogP contribution in [0.3, 0.4) is 0 Å². The molecule has 128 valence electrons. The first kappa shape index (κ1) is 17.1. The molecule has 2 aromatic rings. The number of benzene rings is 2. The number of hydrogen-bond acceptors (Lipinski definition) is 2. The molecule has 1 aliphatic rings. The summed E-state index contributed by atoms with van der Waals surface area (Å²) in [5.41, 5.74) is 3.22. The van der Waals surface area contributed by atoms with Crippen LogP contribution < -0.4 is 5.32 Å². The summed E-state index contributed by atoms with van der Waals surface area (Å²) in [4.78, 5) is 2.23. The molecule has 1 heterocycles. The molecule has 0 radical (unpaired) electrons. The van der Waals surface area contributed by atoms with Gasteiger partial charge in [-0.15, -0.1) is 0 Å². The summed E-state index contributed by atoms with van der Waals surface area (Å²) >= 11 is 0. The van der Waals surface area contributed by atoms with Crippen LogP contribution in [0.5, 0.6) is 0 Å². The Hall–Kier alpha value is -1.78. The van der Waals surface area contributed by atoms with Gasteiger partial charge in [-0.25, -0.2) is 8.78 Å². The van der Waals surface area contributed by atoms with E-state index < -0.39 is 11.6 Å². The van der Waals surface area contributed by atoms with Crippen molar-refractivity contribution >= 4 is 0 Å². The van der Waals surface area contributed by atoms with Crippen molar-refractivity contribution in [3.05, 3.63) is 70.8 Å². The minimum Gasteiger partial charge on any atom is -0.308 e. The standard InChI is InChI=1S/C20H24F2N2/c1-14(2)17-5-3-4-6-18(17)20-13-24(10-9-23-20)12-15-7-8-16(21)11-19(15)22/h3-8,11,14,20,23H,9-10,12-13H2,1-2H3/t20-/m0/s1. The van der Waals surface area contributed by atoms with E-state index in [-0.39, 0.29) is 6.04 Å². The van der Waals surface area contributed by atoms with Crippen molar-refractivity contribution in [2.45, 2.75) is 32.4 Å². The lowest BCUT2D eigenvalue weighted by Crippen LogP contribution is -2.45. The predicted molar refractivity (Wildman–Crippen MR) is 92.9 cm³/mol. The van der Waals surface area contributed by atoms with Crippen LogP contribution in [0.15, 0.2) is 42.5 Å². The first-order valence-corrected chi connectivity index (χ1v) is 8.53. The lowest BCUT2D eigenvalue weighted by atomic mass is 9.92. The molecule has 0 saturated carbocycles. The predicted octanol–water partition coefficient (Wildman–Crippen LogP) is 4.23. The van der Waals surface area contributed by atoms with Gasteiger partial charge in [0.15, 0.2) is 0 Å². The van der Waals surface area contributed by atoms with Crippen LogP contribution in [0, 0.1) is 11.6 Å². The fourth-order valence-corrected chi connectivity index (χ4v) is 3.41. The molecule has 3 rings (SSSR count). The van der Waals surface area contributed by atoms with Gasteiger partial charge in [0, 0.05) is 43.9 Å². The Morgan fingerprint density at radius 1 is 1.17 bits per heavy atom. The van der Waals surface area contributed by atoms with Crippen LogP contribution in [0.4, 0.5) is 8.78 Å². The summed E-state index contributed by atoms with van der Waals surface area (Å²) < 4.78 is 27.0. The summed E-state index contributed by atoms with van der Waals surface area (Å²) in [7, 11) is 0. The molecule has 1 fully saturated rings. The highest BCUT2D eigenvalue weighted by Gasteiger charge is 2.23. The molecule has 1 aliphatic heterocycles. The Labute approximate surface area is 142 Å². The zero-order valence-electron chi connectivity index (χ0n) is 14.2. The molecular weight excluding hydrogens is 306 g/mol. The second-order valence-corrected chi connectivity index (χ2v) is 6.76. The smallest absolute Gasteiger partial charge is 0.130 e. The third kappa shape index (κ3) is 3.82. The van der Waals surface area contributed by atoms with E-state index >= 15 is 0 Å². The van der Waals surface area contributed by atoms with Gasteiger partial charge in [-0.05, 0) is 23.1 Å². The second-order valence-electron chi connectivity index (χ2n) is 6.76. The van der Waals surface area contributed by atoms with Crippen molar-refractivity contribution < 1.29 is 8.78 Å². The van der Waals surface area contributed by atoms with Crippen LogP contribution in [0.1, 0.15) is 42.5 Å². The normalized spacial score (nSPS) is 19.0. The van der Waals surface area contributed by atoms with Crippen molar-refractivity contribution in [3.8, 4) is 0 Å². The monoisotopic (exact) mass is 330 g/mol. The van der Waals surface area contributed by atoms with E-state index in [0.717, 1.165) is 25.7 Å². The average Bonchev–Trinajstić information content (AvgIpc) is 2.58. The molecule has 0 aromatic heterocycles. The third-order valence-corrected chi connectivity index (χ3v) is 4.66. The Kier molecular flexibility index (Phi) is 5.27. The van der Waals surface area contributed by atoms with E-state index in [1.807, 2.05) is 0 Å². The summed E-state index contributed by atoms with van der Waals surface area (Å²) in [5.74, 6) is -0.527. The Balaban J connectivity index is 1.75. The van der Waals surface area contributed by atoms with Crippen molar-refractivity contribution in [3.63, 3.8) is 0 Å². The van der Waals surface area contributed by atoms with Crippen molar-refractivity contribution in [1.29, 1.82) is 0 Å². The van der Waals surface area contributed by atoms with E-state index in [1.165, 1.54) is 17.2 Å². The zero-order valence-corrected chi connectivity index (χ0v) is 14.2. The Morgan fingerprint density at radius 3 is 2.71 bits per heavy atom. The van der Waals surface area contributed by atoms with Crippen LogP contribution in [-0.4, -0.2) is 24.5 Å². The lowest BCUT2D eigenvalue weighted by Gasteiger charge is -2.35. The maximum absolute atomic E-state index is 13.9. The van der Waals surface area contributed by atoms with Gasteiger partial charge in [-0.2, -0.15) is 0 Å². The highest BCUT2D eigenvalue weighted by atomic mass is 19.1. The summed E-state index contributed by atoms with van der Waals surface area (Å²) in [5, 5.41) is 3.57. The van der Waals surface area contributed by atoms with Gasteiger partial charge >= 0.3 is 0 Å². The summed E-state index contributed by atoms with van der Waals surface area (Å²) in [6.07, 6.45) is 0. The molecule has 0 amide bonds. The SMILES string of the molecule is CC(C)c1ccccc1[C@@H]1CN(Cc2ccc(F)cc2F)CCN1. The number of halogens is 2. The minimum absolute atomic E-state index is 0.237. The van der Waals surface area contributed by atoms with Crippen molar-refractivity contribution in [1.82, 2.24) is 10.2 Å². The topological polar surface area (TPSA) is 15.3 Å². The molecule has 2 nitrogen and oxygen atoms in total. The second kappa shape index (κ2) is 7.41. The molecule has 24 heavy (non-hydrogen) atoms. The first-order chi connectivity index (χ1) is 11.5.